The molecular formula is C21H19N3O2. The van der Waals surface area contributed by atoms with Crippen LogP contribution in [0.2, 0.25) is 0 Å². The maximum atomic E-state index is 12.8. The summed E-state index contributed by atoms with van der Waals surface area (Å²) >= 11 is 0. The lowest BCUT2D eigenvalue weighted by Gasteiger charge is -2.10. The summed E-state index contributed by atoms with van der Waals surface area (Å²) < 4.78 is 1.61. The molecule has 0 unspecified atom stereocenters. The van der Waals surface area contributed by atoms with E-state index in [0.29, 0.717) is 28.8 Å². The van der Waals surface area contributed by atoms with E-state index in [-0.39, 0.29) is 11.5 Å². The number of carbonyl (C=O) groups excluding carboxylic acids is 1. The molecule has 2 aromatic carbocycles. The van der Waals surface area contributed by atoms with Crippen LogP contribution >= 0.6 is 0 Å². The molecule has 4 rings (SSSR count). The fraction of sp³-hybridized carbons (Fsp3) is 0.190. The number of benzene rings is 2. The van der Waals surface area contributed by atoms with Gasteiger partial charge in [-0.2, -0.15) is 0 Å². The third kappa shape index (κ3) is 2.36. The van der Waals surface area contributed by atoms with Crippen LogP contribution in [-0.4, -0.2) is 22.5 Å². The summed E-state index contributed by atoms with van der Waals surface area (Å²) in [4.78, 5) is 31.8. The van der Waals surface area contributed by atoms with Gasteiger partial charge in [0.2, 0.25) is 0 Å². The van der Waals surface area contributed by atoms with Gasteiger partial charge in [0.05, 0.1) is 22.2 Å². The Hall–Kier alpha value is -3.21. The Labute approximate surface area is 151 Å². The van der Waals surface area contributed by atoms with E-state index in [4.69, 9.17) is 0 Å². The summed E-state index contributed by atoms with van der Waals surface area (Å²) in [6.45, 7) is 4.39. The largest absolute Gasteiger partial charge is 0.311 e. The minimum atomic E-state index is -0.0896. The standard InChI is InChI=1S/C21H19N3O2/c1-4-24-19(22-17-8-6-5-7-14(17)21(24)26)12-16-15-11-13(2)9-10-18(15)23(3)20(16)25/h5-12H,4H2,1-3H3/b16-12+. The van der Waals surface area contributed by atoms with E-state index in [9.17, 15) is 9.59 Å². The summed E-state index contributed by atoms with van der Waals surface area (Å²) in [6.07, 6.45) is 1.74. The van der Waals surface area contributed by atoms with E-state index in [1.807, 2.05) is 50.2 Å². The van der Waals surface area contributed by atoms with Gasteiger partial charge in [0.1, 0.15) is 5.82 Å². The molecule has 1 aliphatic rings. The number of aryl methyl sites for hydroxylation is 1. The molecule has 0 aliphatic carbocycles. The minimum Gasteiger partial charge on any atom is -0.311 e. The Morgan fingerprint density at radius 1 is 1.12 bits per heavy atom. The van der Waals surface area contributed by atoms with E-state index in [0.717, 1.165) is 16.8 Å². The number of rotatable bonds is 2. The predicted octanol–water partition coefficient (Wildman–Crippen LogP) is 3.24. The zero-order valence-corrected chi connectivity index (χ0v) is 15.0. The van der Waals surface area contributed by atoms with Gasteiger partial charge in [-0.25, -0.2) is 4.98 Å². The number of anilines is 1. The van der Waals surface area contributed by atoms with Crippen LogP contribution in [0.4, 0.5) is 5.69 Å². The van der Waals surface area contributed by atoms with Crippen LogP contribution < -0.4 is 10.5 Å². The molecule has 0 radical (unpaired) electrons. The highest BCUT2D eigenvalue weighted by molar-refractivity contribution is 6.35. The van der Waals surface area contributed by atoms with Gasteiger partial charge in [0, 0.05) is 19.2 Å². The van der Waals surface area contributed by atoms with Gasteiger partial charge in [0.25, 0.3) is 11.5 Å². The van der Waals surface area contributed by atoms with E-state index < -0.39 is 0 Å². The molecule has 0 atom stereocenters. The van der Waals surface area contributed by atoms with Crippen LogP contribution in [0, 0.1) is 6.92 Å². The molecule has 0 N–H and O–H groups in total. The molecule has 5 heteroatoms. The van der Waals surface area contributed by atoms with Gasteiger partial charge in [-0.15, -0.1) is 0 Å². The summed E-state index contributed by atoms with van der Waals surface area (Å²) in [7, 11) is 1.76. The number of nitrogens with zero attached hydrogens (tertiary/aromatic N) is 3. The lowest BCUT2D eigenvalue weighted by Crippen LogP contribution is -2.24. The summed E-state index contributed by atoms with van der Waals surface area (Å²) in [5, 5.41) is 0.586. The van der Waals surface area contributed by atoms with Crippen molar-refractivity contribution >= 4 is 34.1 Å². The highest BCUT2D eigenvalue weighted by Gasteiger charge is 2.30. The van der Waals surface area contributed by atoms with Crippen LogP contribution in [0.3, 0.4) is 0 Å². The van der Waals surface area contributed by atoms with Crippen molar-refractivity contribution in [2.75, 3.05) is 11.9 Å². The van der Waals surface area contributed by atoms with Crippen molar-refractivity contribution in [3.63, 3.8) is 0 Å². The molecular weight excluding hydrogens is 326 g/mol. The smallest absolute Gasteiger partial charge is 0.261 e. The van der Waals surface area contributed by atoms with E-state index in [1.54, 1.807) is 28.7 Å². The molecule has 5 nitrogen and oxygen atoms in total. The molecule has 0 saturated heterocycles. The fourth-order valence-corrected chi connectivity index (χ4v) is 3.43. The number of para-hydroxylation sites is 1. The zero-order chi connectivity index (χ0) is 18.4. The first kappa shape index (κ1) is 16.3. The van der Waals surface area contributed by atoms with Crippen LogP contribution in [0.25, 0.3) is 22.6 Å². The molecule has 1 aliphatic heterocycles. The lowest BCUT2D eigenvalue weighted by molar-refractivity contribution is -0.112. The topological polar surface area (TPSA) is 55.2 Å². The number of likely N-dealkylation sites (N-methyl/N-ethyl adjacent to an activating group) is 1. The Bertz CT molecular complexity index is 1140. The van der Waals surface area contributed by atoms with Gasteiger partial charge in [-0.3, -0.25) is 14.2 Å². The number of amides is 1. The van der Waals surface area contributed by atoms with Gasteiger partial charge in [-0.05, 0) is 44.2 Å². The SMILES string of the molecule is CCn1c(/C=C2/C(=O)N(C)c3ccc(C)cc32)nc2ccccc2c1=O. The van der Waals surface area contributed by atoms with Gasteiger partial charge >= 0.3 is 0 Å². The third-order valence-electron chi connectivity index (χ3n) is 4.82. The number of hydrogen-bond donors (Lipinski definition) is 0. The highest BCUT2D eigenvalue weighted by atomic mass is 16.2. The maximum absolute atomic E-state index is 12.8. The van der Waals surface area contributed by atoms with E-state index in [1.165, 1.54) is 0 Å². The van der Waals surface area contributed by atoms with Crippen LogP contribution in [0.1, 0.15) is 23.9 Å². The van der Waals surface area contributed by atoms with Gasteiger partial charge in [0.15, 0.2) is 0 Å². The second-order valence-electron chi connectivity index (χ2n) is 6.48. The predicted molar refractivity (Wildman–Crippen MR) is 104 cm³/mol. The summed E-state index contributed by atoms with van der Waals surface area (Å²) in [6, 6.07) is 13.2. The third-order valence-corrected chi connectivity index (χ3v) is 4.82. The lowest BCUT2D eigenvalue weighted by atomic mass is 10.0. The number of hydrogen-bond acceptors (Lipinski definition) is 3. The molecule has 130 valence electrons. The number of carbonyl (C=O) groups is 1. The molecule has 0 saturated carbocycles. The Morgan fingerprint density at radius 2 is 1.88 bits per heavy atom. The molecule has 0 spiro atoms. The zero-order valence-electron chi connectivity index (χ0n) is 15.0. The van der Waals surface area contributed by atoms with Crippen molar-refractivity contribution in [3.8, 4) is 0 Å². The monoisotopic (exact) mass is 345 g/mol. The second kappa shape index (κ2) is 5.95. The number of fused-ring (bicyclic) bond motifs is 2. The molecule has 1 amide bonds. The molecule has 3 aromatic rings. The average Bonchev–Trinajstić information content (AvgIpc) is 2.86. The summed E-state index contributed by atoms with van der Waals surface area (Å²) in [5.41, 5.74) is 3.94. The molecule has 1 aromatic heterocycles. The molecule has 2 heterocycles. The molecule has 0 fully saturated rings. The van der Waals surface area contributed by atoms with Crippen molar-refractivity contribution in [1.29, 1.82) is 0 Å². The van der Waals surface area contributed by atoms with Crippen LogP contribution in [0.15, 0.2) is 47.3 Å². The van der Waals surface area contributed by atoms with Crippen molar-refractivity contribution < 1.29 is 4.79 Å². The summed E-state index contributed by atoms with van der Waals surface area (Å²) in [5.74, 6) is 0.415. The van der Waals surface area contributed by atoms with Crippen molar-refractivity contribution in [2.45, 2.75) is 20.4 Å². The number of aromatic nitrogens is 2. The maximum Gasteiger partial charge on any atom is 0.261 e. The van der Waals surface area contributed by atoms with Gasteiger partial charge < -0.3 is 4.90 Å². The van der Waals surface area contributed by atoms with Crippen molar-refractivity contribution in [2.24, 2.45) is 0 Å². The van der Waals surface area contributed by atoms with Crippen molar-refractivity contribution in [1.82, 2.24) is 9.55 Å². The fourth-order valence-electron chi connectivity index (χ4n) is 3.43. The highest BCUT2D eigenvalue weighted by Crippen LogP contribution is 2.37. The molecule has 26 heavy (non-hydrogen) atoms. The van der Waals surface area contributed by atoms with Crippen LogP contribution in [-0.2, 0) is 11.3 Å². The average molecular weight is 345 g/mol. The van der Waals surface area contributed by atoms with Crippen molar-refractivity contribution in [3.05, 3.63) is 69.8 Å². The van der Waals surface area contributed by atoms with Crippen LogP contribution in [0.5, 0.6) is 0 Å². The molecule has 0 bridgehead atoms. The first-order valence-corrected chi connectivity index (χ1v) is 8.61. The van der Waals surface area contributed by atoms with E-state index >= 15 is 0 Å². The second-order valence-corrected chi connectivity index (χ2v) is 6.48. The first-order valence-electron chi connectivity index (χ1n) is 8.61. The minimum absolute atomic E-state index is 0.0874. The Balaban J connectivity index is 1.99. The normalized spacial score (nSPS) is 15.1. The van der Waals surface area contributed by atoms with Gasteiger partial charge in [-0.1, -0.05) is 23.8 Å². The quantitative estimate of drug-likeness (QED) is 0.670. The Kier molecular flexibility index (Phi) is 3.72. The first-order chi connectivity index (χ1) is 12.5. The van der Waals surface area contributed by atoms with E-state index in [2.05, 4.69) is 4.98 Å². The Morgan fingerprint density at radius 3 is 2.65 bits per heavy atom.